The summed E-state index contributed by atoms with van der Waals surface area (Å²) in [6.07, 6.45) is 0. The molecule has 1 saturated heterocycles. The number of benzene rings is 1. The van der Waals surface area contributed by atoms with Crippen LogP contribution in [0.3, 0.4) is 0 Å². The first-order valence-electron chi connectivity index (χ1n) is 6.19. The van der Waals surface area contributed by atoms with E-state index in [4.69, 9.17) is 11.6 Å². The van der Waals surface area contributed by atoms with Gasteiger partial charge in [0.2, 0.25) is 0 Å². The molecule has 1 aromatic carbocycles. The van der Waals surface area contributed by atoms with E-state index in [1.165, 1.54) is 11.5 Å². The van der Waals surface area contributed by atoms with Crippen molar-refractivity contribution in [2.45, 2.75) is 0 Å². The van der Waals surface area contributed by atoms with Gasteiger partial charge >= 0.3 is 0 Å². The van der Waals surface area contributed by atoms with Crippen LogP contribution >= 0.6 is 35.1 Å². The smallest absolute Gasteiger partial charge is 0.186 e. The van der Waals surface area contributed by atoms with Gasteiger partial charge in [-0.15, -0.1) is 5.10 Å². The Hall–Kier alpha value is -0.650. The molecular formula is C13H14ClN3S2. The molecule has 2 aliphatic rings. The van der Waals surface area contributed by atoms with Crippen LogP contribution < -0.4 is 0 Å². The van der Waals surface area contributed by atoms with Crippen LogP contribution in [0.2, 0.25) is 5.02 Å². The van der Waals surface area contributed by atoms with Gasteiger partial charge in [0, 0.05) is 35.4 Å². The second-order valence-electron chi connectivity index (χ2n) is 4.32. The maximum absolute atomic E-state index is 5.89. The summed E-state index contributed by atoms with van der Waals surface area (Å²) < 4.78 is 0. The highest BCUT2D eigenvalue weighted by Crippen LogP contribution is 2.21. The van der Waals surface area contributed by atoms with Crippen molar-refractivity contribution < 1.29 is 0 Å². The van der Waals surface area contributed by atoms with Gasteiger partial charge in [-0.3, -0.25) is 0 Å². The minimum absolute atomic E-state index is 0.753. The van der Waals surface area contributed by atoms with Gasteiger partial charge < -0.3 is 4.90 Å². The molecule has 6 heteroatoms. The molecule has 1 fully saturated rings. The van der Waals surface area contributed by atoms with E-state index in [0.29, 0.717) is 0 Å². The third-order valence-corrected chi connectivity index (χ3v) is 5.26. The largest absolute Gasteiger partial charge is 0.348 e. The Labute approximate surface area is 126 Å². The molecule has 1 aromatic rings. The van der Waals surface area contributed by atoms with Crippen LogP contribution in [-0.2, 0) is 0 Å². The Bertz CT molecular complexity index is 507. The molecule has 0 atom stereocenters. The molecule has 0 unspecified atom stereocenters. The molecule has 0 aliphatic carbocycles. The molecule has 0 N–H and O–H groups in total. The number of thioether (sulfide) groups is 2. The van der Waals surface area contributed by atoms with Crippen LogP contribution in [0.15, 0.2) is 34.5 Å². The normalized spacial score (nSPS) is 19.9. The van der Waals surface area contributed by atoms with Crippen molar-refractivity contribution in [2.24, 2.45) is 10.2 Å². The molecule has 0 spiro atoms. The molecule has 3 rings (SSSR count). The highest BCUT2D eigenvalue weighted by Gasteiger charge is 2.19. The molecule has 0 aromatic heterocycles. The number of hydrogen-bond donors (Lipinski definition) is 0. The lowest BCUT2D eigenvalue weighted by molar-refractivity contribution is 0.470. The van der Waals surface area contributed by atoms with Gasteiger partial charge in [0.15, 0.2) is 5.17 Å². The van der Waals surface area contributed by atoms with Gasteiger partial charge in [0.25, 0.3) is 0 Å². The number of amidine groups is 1. The summed E-state index contributed by atoms with van der Waals surface area (Å²) in [6, 6.07) is 7.79. The first-order chi connectivity index (χ1) is 9.33. The van der Waals surface area contributed by atoms with Crippen LogP contribution in [0.4, 0.5) is 0 Å². The summed E-state index contributed by atoms with van der Waals surface area (Å²) in [7, 11) is 0. The van der Waals surface area contributed by atoms with Crippen molar-refractivity contribution in [1.82, 2.24) is 4.90 Å². The van der Waals surface area contributed by atoms with Crippen LogP contribution in [0.25, 0.3) is 0 Å². The summed E-state index contributed by atoms with van der Waals surface area (Å²) >= 11 is 9.68. The molecule has 19 heavy (non-hydrogen) atoms. The van der Waals surface area contributed by atoms with E-state index >= 15 is 0 Å². The van der Waals surface area contributed by atoms with E-state index in [-0.39, 0.29) is 0 Å². The summed E-state index contributed by atoms with van der Waals surface area (Å²) in [6.45, 7) is 2.17. The topological polar surface area (TPSA) is 28.0 Å². The van der Waals surface area contributed by atoms with Gasteiger partial charge in [-0.25, -0.2) is 0 Å². The Kier molecular flexibility index (Phi) is 4.35. The van der Waals surface area contributed by atoms with Gasteiger partial charge in [-0.05, 0) is 17.7 Å². The van der Waals surface area contributed by atoms with E-state index in [0.717, 1.165) is 40.3 Å². The van der Waals surface area contributed by atoms with Crippen molar-refractivity contribution >= 4 is 46.0 Å². The van der Waals surface area contributed by atoms with E-state index in [2.05, 4.69) is 15.1 Å². The predicted octanol–water partition coefficient (Wildman–Crippen LogP) is 3.20. The maximum atomic E-state index is 5.89. The Balaban J connectivity index is 1.74. The number of halogens is 1. The van der Waals surface area contributed by atoms with E-state index in [9.17, 15) is 0 Å². The lowest BCUT2D eigenvalue weighted by atomic mass is 10.1. The Morgan fingerprint density at radius 1 is 1.05 bits per heavy atom. The lowest BCUT2D eigenvalue weighted by Gasteiger charge is -2.29. The van der Waals surface area contributed by atoms with Crippen LogP contribution in [0.5, 0.6) is 0 Å². The number of hydrogen-bond acceptors (Lipinski definition) is 5. The van der Waals surface area contributed by atoms with E-state index < -0.39 is 0 Å². The lowest BCUT2D eigenvalue weighted by Crippen LogP contribution is -2.37. The zero-order chi connectivity index (χ0) is 13.1. The first-order valence-corrected chi connectivity index (χ1v) is 8.71. The molecule has 0 saturated carbocycles. The van der Waals surface area contributed by atoms with Gasteiger partial charge in [0.05, 0.1) is 5.71 Å². The minimum Gasteiger partial charge on any atom is -0.348 e. The second kappa shape index (κ2) is 6.20. The number of rotatable bonds is 1. The molecule has 2 heterocycles. The van der Waals surface area contributed by atoms with Crippen LogP contribution in [-0.4, -0.2) is 46.1 Å². The average molecular weight is 312 g/mol. The molecule has 3 nitrogen and oxygen atoms in total. The molecule has 2 aliphatic heterocycles. The molecule has 100 valence electrons. The fourth-order valence-corrected chi connectivity index (χ4v) is 3.97. The van der Waals surface area contributed by atoms with Gasteiger partial charge in [-0.1, -0.05) is 35.5 Å². The zero-order valence-corrected chi connectivity index (χ0v) is 12.8. The van der Waals surface area contributed by atoms with Crippen molar-refractivity contribution in [3.05, 3.63) is 34.9 Å². The van der Waals surface area contributed by atoms with Gasteiger partial charge in [-0.2, -0.15) is 16.9 Å². The highest BCUT2D eigenvalue weighted by molar-refractivity contribution is 8.14. The summed E-state index contributed by atoms with van der Waals surface area (Å²) in [4.78, 5) is 2.34. The zero-order valence-electron chi connectivity index (χ0n) is 10.4. The van der Waals surface area contributed by atoms with Crippen molar-refractivity contribution in [2.75, 3.05) is 30.3 Å². The van der Waals surface area contributed by atoms with E-state index in [1.54, 1.807) is 11.8 Å². The molecule has 0 radical (unpaired) electrons. The van der Waals surface area contributed by atoms with Gasteiger partial charge in [0.1, 0.15) is 0 Å². The van der Waals surface area contributed by atoms with Crippen LogP contribution in [0, 0.1) is 0 Å². The fraction of sp³-hybridized carbons (Fsp3) is 0.385. The molecule has 0 amide bonds. The van der Waals surface area contributed by atoms with E-state index in [1.807, 2.05) is 36.0 Å². The van der Waals surface area contributed by atoms with Crippen LogP contribution in [0.1, 0.15) is 5.56 Å². The SMILES string of the molecule is Clc1ccc(C2=NN=C(N3CCSCC3)SC2)cc1. The highest BCUT2D eigenvalue weighted by atomic mass is 35.5. The maximum Gasteiger partial charge on any atom is 0.186 e. The molecule has 0 bridgehead atoms. The summed E-state index contributed by atoms with van der Waals surface area (Å²) in [5.74, 6) is 3.25. The molecular weight excluding hydrogens is 298 g/mol. The second-order valence-corrected chi connectivity index (χ2v) is 6.93. The Morgan fingerprint density at radius 3 is 2.42 bits per heavy atom. The summed E-state index contributed by atoms with van der Waals surface area (Å²) in [5.41, 5.74) is 2.13. The van der Waals surface area contributed by atoms with Crippen molar-refractivity contribution in [3.63, 3.8) is 0 Å². The number of nitrogens with zero attached hydrogens (tertiary/aromatic N) is 3. The third-order valence-electron chi connectivity index (χ3n) is 3.05. The standard InChI is InChI=1S/C13H14ClN3S2/c14-11-3-1-10(2-4-11)12-9-19-13(16-15-12)17-5-7-18-8-6-17/h1-4H,5-9H2. The fourth-order valence-electron chi connectivity index (χ4n) is 1.99. The minimum atomic E-state index is 0.753. The summed E-state index contributed by atoms with van der Waals surface area (Å²) in [5, 5.41) is 10.6. The Morgan fingerprint density at radius 2 is 1.79 bits per heavy atom. The quantitative estimate of drug-likeness (QED) is 0.797. The monoisotopic (exact) mass is 311 g/mol. The first kappa shape index (κ1) is 13.3. The van der Waals surface area contributed by atoms with Crippen molar-refractivity contribution in [3.8, 4) is 0 Å². The van der Waals surface area contributed by atoms with Crippen molar-refractivity contribution in [1.29, 1.82) is 0 Å². The third kappa shape index (κ3) is 3.27. The predicted molar refractivity (Wildman–Crippen MR) is 86.8 cm³/mol. The average Bonchev–Trinajstić information content (AvgIpc) is 2.49.